The van der Waals surface area contributed by atoms with Crippen molar-refractivity contribution in [3.63, 3.8) is 0 Å². The largest absolute Gasteiger partial charge is 0.506 e. The predicted octanol–water partition coefficient (Wildman–Crippen LogP) is 4.49. The van der Waals surface area contributed by atoms with E-state index in [1.165, 1.54) is 0 Å². The van der Waals surface area contributed by atoms with Crippen LogP contribution in [0.1, 0.15) is 22.8 Å². The average Bonchev–Trinajstić information content (AvgIpc) is 2.78. The van der Waals surface area contributed by atoms with Crippen LogP contribution >= 0.6 is 0 Å². The lowest BCUT2D eigenvalue weighted by Gasteiger charge is -2.11. The van der Waals surface area contributed by atoms with Gasteiger partial charge >= 0.3 is 5.97 Å². The zero-order chi connectivity index (χ0) is 19.4. The quantitative estimate of drug-likeness (QED) is 0.536. The maximum atomic E-state index is 12.3. The van der Waals surface area contributed by atoms with E-state index in [0.717, 1.165) is 16.9 Å². The number of carbonyl (C=O) groups excluding carboxylic acids is 1. The Morgan fingerprint density at radius 3 is 2.37 bits per heavy atom. The van der Waals surface area contributed by atoms with Crippen LogP contribution in [-0.4, -0.2) is 38.0 Å². The molecule has 0 radical (unpaired) electrons. The first-order valence-electron chi connectivity index (χ1n) is 8.75. The topological polar surface area (TPSA) is 62.1 Å². The maximum absolute atomic E-state index is 12.3. The van der Waals surface area contributed by atoms with Crippen molar-refractivity contribution in [1.29, 1.82) is 0 Å². The van der Waals surface area contributed by atoms with Crippen molar-refractivity contribution < 1.29 is 14.6 Å². The van der Waals surface area contributed by atoms with Crippen molar-refractivity contribution >= 4 is 23.6 Å². The van der Waals surface area contributed by atoms with Crippen LogP contribution in [0.15, 0.2) is 59.6 Å². The molecule has 0 spiro atoms. The number of hydrogen-bond donors (Lipinski definition) is 1. The first-order valence-corrected chi connectivity index (χ1v) is 8.75. The van der Waals surface area contributed by atoms with E-state index >= 15 is 0 Å². The normalized spacial score (nSPS) is 11.1. The third-order valence-corrected chi connectivity index (χ3v) is 4.28. The first-order chi connectivity index (χ1) is 13.0. The minimum Gasteiger partial charge on any atom is -0.506 e. The Balaban J connectivity index is 2.04. The summed E-state index contributed by atoms with van der Waals surface area (Å²) in [4.78, 5) is 18.8. The number of aliphatic imine (C=N–C) groups is 1. The Hall–Kier alpha value is -3.34. The third-order valence-electron chi connectivity index (χ3n) is 4.28. The summed E-state index contributed by atoms with van der Waals surface area (Å²) in [5, 5.41) is 10.7. The van der Waals surface area contributed by atoms with Crippen LogP contribution in [-0.2, 0) is 4.74 Å². The zero-order valence-electron chi connectivity index (χ0n) is 15.6. The van der Waals surface area contributed by atoms with E-state index in [0.29, 0.717) is 11.1 Å². The summed E-state index contributed by atoms with van der Waals surface area (Å²) < 4.78 is 5.11. The molecule has 0 saturated heterocycles. The lowest BCUT2D eigenvalue weighted by molar-refractivity contribution is 0.0524. The molecular weight excluding hydrogens is 340 g/mol. The van der Waals surface area contributed by atoms with Crippen molar-refractivity contribution in [3.05, 3.63) is 65.7 Å². The van der Waals surface area contributed by atoms with Crippen molar-refractivity contribution in [3.8, 4) is 16.9 Å². The Kier molecular flexibility index (Phi) is 5.41. The van der Waals surface area contributed by atoms with Gasteiger partial charge in [0.15, 0.2) is 0 Å². The number of rotatable bonds is 5. The van der Waals surface area contributed by atoms with Crippen LogP contribution in [0.25, 0.3) is 11.1 Å². The SMILES string of the molecule is CCOC(=O)c1c2cccccc-2c(C=Nc2ccc(N(C)C)cc2)c1O. The van der Waals surface area contributed by atoms with E-state index in [-0.39, 0.29) is 17.9 Å². The van der Waals surface area contributed by atoms with Gasteiger partial charge in [-0.1, -0.05) is 30.3 Å². The number of fused-ring (bicyclic) bond motifs is 1. The highest BCUT2D eigenvalue weighted by atomic mass is 16.5. The lowest BCUT2D eigenvalue weighted by atomic mass is 10.1. The summed E-state index contributed by atoms with van der Waals surface area (Å²) in [7, 11) is 3.95. The van der Waals surface area contributed by atoms with E-state index in [1.807, 2.05) is 67.5 Å². The third kappa shape index (κ3) is 3.77. The Morgan fingerprint density at radius 2 is 1.74 bits per heavy atom. The molecule has 0 saturated carbocycles. The highest BCUT2D eigenvalue weighted by Crippen LogP contribution is 2.40. The van der Waals surface area contributed by atoms with Gasteiger partial charge in [-0.2, -0.15) is 0 Å². The molecule has 2 aliphatic rings. The molecular formula is C22H22N2O3. The number of carbonyl (C=O) groups is 1. The Bertz CT molecular complexity index is 946. The van der Waals surface area contributed by atoms with Gasteiger partial charge in [-0.15, -0.1) is 0 Å². The van der Waals surface area contributed by atoms with E-state index < -0.39 is 5.97 Å². The molecule has 3 rings (SSSR count). The van der Waals surface area contributed by atoms with Crippen molar-refractivity contribution in [1.82, 2.24) is 0 Å². The van der Waals surface area contributed by atoms with Crippen molar-refractivity contribution in [2.45, 2.75) is 6.92 Å². The summed E-state index contributed by atoms with van der Waals surface area (Å²) in [5.41, 5.74) is 3.89. The molecule has 0 aliphatic heterocycles. The number of anilines is 1. The zero-order valence-corrected chi connectivity index (χ0v) is 15.6. The smallest absolute Gasteiger partial charge is 0.342 e. The molecule has 0 amide bonds. The van der Waals surface area contributed by atoms with Gasteiger partial charge in [0.1, 0.15) is 11.3 Å². The van der Waals surface area contributed by atoms with Gasteiger partial charge in [0.25, 0.3) is 0 Å². The molecule has 0 atom stereocenters. The van der Waals surface area contributed by atoms with E-state index in [2.05, 4.69) is 4.99 Å². The lowest BCUT2D eigenvalue weighted by Crippen LogP contribution is -2.07. The Labute approximate surface area is 158 Å². The highest BCUT2D eigenvalue weighted by Gasteiger charge is 2.26. The average molecular weight is 362 g/mol. The summed E-state index contributed by atoms with van der Waals surface area (Å²) in [6.07, 6.45) is 1.59. The number of aromatic hydroxyl groups is 1. The van der Waals surface area contributed by atoms with Gasteiger partial charge in [-0.25, -0.2) is 4.79 Å². The molecule has 1 aromatic rings. The van der Waals surface area contributed by atoms with Gasteiger partial charge in [0.05, 0.1) is 12.3 Å². The minimum absolute atomic E-state index is 0.108. The van der Waals surface area contributed by atoms with Crippen molar-refractivity contribution in [2.24, 2.45) is 4.99 Å². The molecule has 138 valence electrons. The fraction of sp³-hybridized carbons (Fsp3) is 0.182. The second-order valence-electron chi connectivity index (χ2n) is 6.26. The molecule has 5 nitrogen and oxygen atoms in total. The van der Waals surface area contributed by atoms with Crippen LogP contribution in [0.3, 0.4) is 0 Å². The molecule has 1 N–H and O–H groups in total. The molecule has 0 aromatic heterocycles. The second kappa shape index (κ2) is 7.91. The van der Waals surface area contributed by atoms with Crippen LogP contribution in [0.5, 0.6) is 5.75 Å². The van der Waals surface area contributed by atoms with Crippen molar-refractivity contribution in [2.75, 3.05) is 25.6 Å². The minimum atomic E-state index is -0.541. The second-order valence-corrected chi connectivity index (χ2v) is 6.26. The van der Waals surface area contributed by atoms with Crippen LogP contribution in [0.4, 0.5) is 11.4 Å². The molecule has 0 heterocycles. The van der Waals surface area contributed by atoms with Gasteiger partial charge < -0.3 is 14.7 Å². The van der Waals surface area contributed by atoms with Crippen LogP contribution in [0, 0.1) is 0 Å². The predicted molar refractivity (Wildman–Crippen MR) is 109 cm³/mol. The molecule has 5 heteroatoms. The fourth-order valence-corrected chi connectivity index (χ4v) is 2.91. The number of esters is 1. The Morgan fingerprint density at radius 1 is 1.07 bits per heavy atom. The first kappa shape index (κ1) is 18.5. The molecule has 0 bridgehead atoms. The standard InChI is InChI=1S/C22H22N2O3/c1-4-27-22(26)20-18-9-7-5-6-8-17(18)19(21(20)25)14-23-15-10-12-16(13-11-15)24(2)3/h5-14,25H,4H2,1-3H3. The summed E-state index contributed by atoms with van der Waals surface area (Å²) in [6.45, 7) is 1.98. The summed E-state index contributed by atoms with van der Waals surface area (Å²) in [5.74, 6) is -0.649. The van der Waals surface area contributed by atoms with E-state index in [9.17, 15) is 9.90 Å². The summed E-state index contributed by atoms with van der Waals surface area (Å²) >= 11 is 0. The van der Waals surface area contributed by atoms with E-state index in [1.54, 1.807) is 19.2 Å². The van der Waals surface area contributed by atoms with Gasteiger partial charge in [0.2, 0.25) is 0 Å². The molecule has 0 unspecified atom stereocenters. The van der Waals surface area contributed by atoms with Crippen LogP contribution in [0.2, 0.25) is 0 Å². The molecule has 2 aliphatic carbocycles. The molecule has 0 fully saturated rings. The van der Waals surface area contributed by atoms with Gasteiger partial charge in [-0.3, -0.25) is 4.99 Å². The highest BCUT2D eigenvalue weighted by molar-refractivity contribution is 6.10. The summed E-state index contributed by atoms with van der Waals surface area (Å²) in [6, 6.07) is 17.0. The van der Waals surface area contributed by atoms with Gasteiger partial charge in [-0.05, 0) is 36.8 Å². The molecule has 1 aromatic carbocycles. The number of nitrogens with zero attached hydrogens (tertiary/aromatic N) is 2. The molecule has 27 heavy (non-hydrogen) atoms. The van der Waals surface area contributed by atoms with E-state index in [4.69, 9.17) is 4.74 Å². The number of hydrogen-bond acceptors (Lipinski definition) is 5. The number of benzene rings is 1. The monoisotopic (exact) mass is 362 g/mol. The van der Waals surface area contributed by atoms with Crippen LogP contribution < -0.4 is 4.90 Å². The number of ether oxygens (including phenoxy) is 1. The fourth-order valence-electron chi connectivity index (χ4n) is 2.91. The maximum Gasteiger partial charge on any atom is 0.342 e. The van der Waals surface area contributed by atoms with Gasteiger partial charge in [0, 0.05) is 37.1 Å².